The van der Waals surface area contributed by atoms with E-state index in [4.69, 9.17) is 36.6 Å². The summed E-state index contributed by atoms with van der Waals surface area (Å²) in [6.07, 6.45) is 22.1. The second-order valence-corrected chi connectivity index (χ2v) is 20.0. The highest BCUT2D eigenvalue weighted by atomic mass is 16.4. The Morgan fingerprint density at radius 2 is 1.24 bits per heavy atom. The predicted octanol–water partition coefficient (Wildman–Crippen LogP) is 2.60. The van der Waals surface area contributed by atoms with Crippen molar-refractivity contribution in [2.45, 2.75) is 88.3 Å². The van der Waals surface area contributed by atoms with Gasteiger partial charge in [-0.15, -0.1) is 0 Å². The summed E-state index contributed by atoms with van der Waals surface area (Å²) < 4.78 is 8.91. The van der Waals surface area contributed by atoms with Gasteiger partial charge < -0.3 is 32.6 Å². The van der Waals surface area contributed by atoms with E-state index in [0.29, 0.717) is 59.7 Å². The quantitative estimate of drug-likeness (QED) is 0.0356. The third-order valence-electron chi connectivity index (χ3n) is 15.2. The molecule has 74 heavy (non-hydrogen) atoms. The summed E-state index contributed by atoms with van der Waals surface area (Å²) in [5, 5.41) is 46.4. The molecular formula is C49H60N23O2+. The fourth-order valence-corrected chi connectivity index (χ4v) is 10.9. The van der Waals surface area contributed by atoms with Crippen molar-refractivity contribution in [2.75, 3.05) is 48.5 Å². The van der Waals surface area contributed by atoms with Crippen molar-refractivity contribution in [2.24, 2.45) is 19.3 Å². The van der Waals surface area contributed by atoms with E-state index in [1.165, 1.54) is 0 Å². The van der Waals surface area contributed by atoms with Crippen LogP contribution in [-0.4, -0.2) is 129 Å². The van der Waals surface area contributed by atoms with E-state index in [-0.39, 0.29) is 41.7 Å². The molecule has 12 heterocycles. The summed E-state index contributed by atoms with van der Waals surface area (Å²) >= 11 is 0. The molecule has 382 valence electrons. The molecular weight excluding hydrogens is 943 g/mol. The molecule has 12 rings (SSSR count). The van der Waals surface area contributed by atoms with Gasteiger partial charge in [0, 0.05) is 103 Å². The fraction of sp³-hybridized carbons (Fsp3) is 0.408. The molecule has 25 heteroatoms. The van der Waals surface area contributed by atoms with Gasteiger partial charge in [0.2, 0.25) is 0 Å². The maximum atomic E-state index is 12.1. The molecule has 3 fully saturated rings. The topological polar surface area (TPSA) is 297 Å². The van der Waals surface area contributed by atoms with Crippen LogP contribution in [0, 0.1) is 0 Å². The van der Waals surface area contributed by atoms with Crippen LogP contribution in [0.15, 0.2) is 79.1 Å². The van der Waals surface area contributed by atoms with Crippen LogP contribution in [0.2, 0.25) is 0 Å². The number of carbonyl (C=O) groups is 1. The minimum atomic E-state index is -0.140. The lowest BCUT2D eigenvalue weighted by atomic mass is 9.90. The Morgan fingerprint density at radius 1 is 0.689 bits per heavy atom. The van der Waals surface area contributed by atoms with Gasteiger partial charge in [-0.2, -0.15) is 48.5 Å². The first-order valence-corrected chi connectivity index (χ1v) is 25.1. The van der Waals surface area contributed by atoms with Crippen LogP contribution in [0.25, 0.3) is 50.3 Å². The van der Waals surface area contributed by atoms with E-state index in [2.05, 4.69) is 59.6 Å². The number of Topliss-reactive ketones (excluding diaryl/α,β-unsaturated/α-hetero) is 1. The molecule has 10 N–H and O–H groups in total. The van der Waals surface area contributed by atoms with Crippen LogP contribution >= 0.6 is 0 Å². The molecule has 0 aromatic carbocycles. The van der Waals surface area contributed by atoms with E-state index < -0.39 is 0 Å². The first-order chi connectivity index (χ1) is 35.9. The predicted molar refractivity (Wildman–Crippen MR) is 276 cm³/mol. The Hall–Kier alpha value is -8.29. The molecule has 3 aliphatic heterocycles. The van der Waals surface area contributed by atoms with Crippen molar-refractivity contribution in [3.8, 4) is 33.4 Å². The number of oxime groups is 1. The van der Waals surface area contributed by atoms with Gasteiger partial charge in [0.15, 0.2) is 22.8 Å². The number of nitrogens with two attached hydrogens (primary N) is 2. The minimum absolute atomic E-state index is 0.0494. The molecule has 25 nitrogen and oxygen atoms in total. The van der Waals surface area contributed by atoms with E-state index in [9.17, 15) is 10.0 Å². The molecule has 0 spiro atoms. The zero-order chi connectivity index (χ0) is 50.8. The monoisotopic (exact) mass is 1000 g/mol. The van der Waals surface area contributed by atoms with Crippen molar-refractivity contribution in [3.05, 3.63) is 91.1 Å². The zero-order valence-corrected chi connectivity index (χ0v) is 41.6. The highest BCUT2D eigenvalue weighted by Gasteiger charge is 2.30. The Morgan fingerprint density at radius 3 is 1.81 bits per heavy atom. The van der Waals surface area contributed by atoms with Crippen LogP contribution in [0.1, 0.15) is 87.2 Å². The van der Waals surface area contributed by atoms with Gasteiger partial charge in [0.25, 0.3) is 0 Å². The number of fused-ring (bicyclic) bond motifs is 3. The second-order valence-electron chi connectivity index (χ2n) is 20.0. The van der Waals surface area contributed by atoms with E-state index >= 15 is 0 Å². The van der Waals surface area contributed by atoms with Gasteiger partial charge in [-0.05, 0) is 52.4 Å². The van der Waals surface area contributed by atoms with Gasteiger partial charge in [-0.25, -0.2) is 20.4 Å². The van der Waals surface area contributed by atoms with Gasteiger partial charge in [-0.1, -0.05) is 9.95 Å². The maximum Gasteiger partial charge on any atom is 0.165 e. The van der Waals surface area contributed by atoms with Crippen LogP contribution in [0.5, 0.6) is 0 Å². The number of hydrogen-bond acceptors (Lipinski definition) is 18. The number of rotatable bonds is 13. The molecule has 9 aromatic heterocycles. The Bertz CT molecular complexity index is 3570. The number of carbonyl (C=O) groups excluding carboxylic acids is 1. The SMILES string of the molecule is CC(=O)[C@@H]1CC[C@H](c2cc(Nn3cc(-c4cnn5c(N)cc([C@H]6CC[C@@H](CNn7cc(-c8cnn9c(N)cc([C@H]%10CC[C@@H](/C(C)=N/O)NC%10)nc89)c[n+]7C)NC6)nc45)cn3)n3ncc(-c4cnn(C)c4)c3n2)CN1. The summed E-state index contributed by atoms with van der Waals surface area (Å²) in [7, 11) is 3.88. The van der Waals surface area contributed by atoms with Crippen LogP contribution in [0.4, 0.5) is 17.5 Å². The molecule has 0 saturated carbocycles. The van der Waals surface area contributed by atoms with Gasteiger partial charge in [0.05, 0.1) is 83.3 Å². The maximum absolute atomic E-state index is 12.1. The van der Waals surface area contributed by atoms with Crippen molar-refractivity contribution >= 4 is 45.9 Å². The van der Waals surface area contributed by atoms with Gasteiger partial charge in [0.1, 0.15) is 37.2 Å². The minimum Gasteiger partial charge on any atom is -0.411 e. The van der Waals surface area contributed by atoms with Crippen molar-refractivity contribution in [3.63, 3.8) is 0 Å². The van der Waals surface area contributed by atoms with Gasteiger partial charge >= 0.3 is 0 Å². The number of anilines is 3. The molecule has 3 aliphatic rings. The lowest BCUT2D eigenvalue weighted by Crippen LogP contribution is -2.48. The molecule has 0 amide bonds. The summed E-state index contributed by atoms with van der Waals surface area (Å²) in [5.74, 6) is 2.28. The molecule has 6 atom stereocenters. The number of piperidine rings is 3. The number of ketones is 1. The van der Waals surface area contributed by atoms with Crippen LogP contribution in [-0.2, 0) is 18.9 Å². The van der Waals surface area contributed by atoms with Crippen LogP contribution in [0.3, 0.4) is 0 Å². The van der Waals surface area contributed by atoms with Crippen molar-refractivity contribution < 1.29 is 14.7 Å². The summed E-state index contributed by atoms with van der Waals surface area (Å²) in [4.78, 5) is 31.2. The van der Waals surface area contributed by atoms with E-state index in [1.54, 1.807) is 48.5 Å². The normalized spacial score (nSPS) is 21.8. The molecule has 0 radical (unpaired) electrons. The highest BCUT2D eigenvalue weighted by molar-refractivity contribution is 5.87. The average Bonchev–Trinajstić information content (AvgIpc) is 4.30. The summed E-state index contributed by atoms with van der Waals surface area (Å²) in [6.45, 7) is 6.25. The summed E-state index contributed by atoms with van der Waals surface area (Å²) in [5.41, 5.74) is 30.9. The van der Waals surface area contributed by atoms with Crippen LogP contribution < -0.4 is 43.0 Å². The lowest BCUT2D eigenvalue weighted by molar-refractivity contribution is -0.748. The standard InChI is InChI=1S/C49H59N23O2/c1-27(65-74)39-9-6-30(15-53-39)42-12-45(51)71-48(62-42)38(22-59-71)34-24-67(4)69(26-34)57-19-35-8-5-29(14-52-35)41-11-44(50)70-47(61-41)37(20-58-70)33-18-56-68(25-33)64-46-13-43(31-7-10-40(28(2)73)54-16-31)63-49-36(21-60-72(46)49)32-17-55-66(3)23-32/h11-13,17-18,20-26,29-31,35,39-40,52-54,57H,5-10,14-16,19H2,1-4H3,(H5-,50,51,58,59,60,61,62,63,64,74)/p+1/b65-27+/t29-,30-,31-,35-,39-,40-/m0/s1. The number of hydrogen-bond donors (Lipinski definition) is 8. The van der Waals surface area contributed by atoms with Crippen molar-refractivity contribution in [1.29, 1.82) is 0 Å². The lowest BCUT2D eigenvalue weighted by Gasteiger charge is -2.29. The Kier molecular flexibility index (Phi) is 12.0. The Balaban J connectivity index is 0.717. The summed E-state index contributed by atoms with van der Waals surface area (Å²) in [6, 6.07) is 5.98. The number of aryl methyl sites for hydroxylation is 2. The number of nitrogen functional groups attached to an aromatic ring is 2. The molecule has 0 aliphatic carbocycles. The first kappa shape index (κ1) is 46.8. The highest BCUT2D eigenvalue weighted by Crippen LogP contribution is 2.34. The third-order valence-corrected chi connectivity index (χ3v) is 15.2. The molecule has 0 bridgehead atoms. The number of nitrogens with zero attached hydrogens (tertiary/aromatic N) is 16. The molecule has 9 aromatic rings. The smallest absolute Gasteiger partial charge is 0.165 e. The van der Waals surface area contributed by atoms with E-state index in [1.807, 2.05) is 73.5 Å². The Labute approximate surface area is 424 Å². The largest absolute Gasteiger partial charge is 0.411 e. The molecule has 0 unspecified atom stereocenters. The average molecular weight is 1000 g/mol. The van der Waals surface area contributed by atoms with Crippen molar-refractivity contribution in [1.82, 2.24) is 84.2 Å². The molecule has 3 saturated heterocycles. The van der Waals surface area contributed by atoms with Gasteiger partial charge in [-0.3, -0.25) is 14.9 Å². The first-order valence-electron chi connectivity index (χ1n) is 25.1. The number of aromatic nitrogens is 15. The zero-order valence-electron chi connectivity index (χ0n) is 41.6. The number of nitrogens with one attached hydrogen (secondary N) is 5. The fourth-order valence-electron chi connectivity index (χ4n) is 10.9. The third kappa shape index (κ3) is 8.70. The van der Waals surface area contributed by atoms with E-state index in [0.717, 1.165) is 95.5 Å². The second kappa shape index (κ2) is 19.0.